The monoisotopic (exact) mass is 323 g/mol. The molecular formula is C16H22ClN3O2. The molecule has 0 saturated carbocycles. The number of hydrogen-bond acceptors (Lipinski definition) is 2. The summed E-state index contributed by atoms with van der Waals surface area (Å²) in [4.78, 5) is 25.9. The highest BCUT2D eigenvalue weighted by Crippen LogP contribution is 2.25. The number of likely N-dealkylation sites (tertiary alicyclic amines) is 1. The number of rotatable bonds is 2. The largest absolute Gasteiger partial charge is 0.355 e. The van der Waals surface area contributed by atoms with Gasteiger partial charge in [-0.3, -0.25) is 4.79 Å². The number of nitrogens with one attached hydrogen (secondary N) is 2. The molecule has 0 unspecified atom stereocenters. The maximum atomic E-state index is 12.4. The van der Waals surface area contributed by atoms with Crippen molar-refractivity contribution in [1.82, 2.24) is 10.2 Å². The molecule has 22 heavy (non-hydrogen) atoms. The van der Waals surface area contributed by atoms with Gasteiger partial charge in [-0.25, -0.2) is 4.79 Å². The van der Waals surface area contributed by atoms with Crippen LogP contribution in [0.1, 0.15) is 30.6 Å². The third kappa shape index (κ3) is 3.91. The molecule has 1 fully saturated rings. The maximum absolute atomic E-state index is 12.4. The summed E-state index contributed by atoms with van der Waals surface area (Å²) in [6.07, 6.45) is 1.14. The molecule has 2 rings (SSSR count). The first-order valence-electron chi connectivity index (χ1n) is 7.48. The number of amides is 3. The minimum atomic E-state index is -0.215. The zero-order valence-electron chi connectivity index (χ0n) is 13.1. The van der Waals surface area contributed by atoms with Crippen molar-refractivity contribution in [2.75, 3.05) is 25.5 Å². The summed E-state index contributed by atoms with van der Waals surface area (Å²) in [6.45, 7) is 5.77. The molecule has 1 aliphatic heterocycles. The average molecular weight is 324 g/mol. The number of benzene rings is 1. The van der Waals surface area contributed by atoms with Crippen LogP contribution < -0.4 is 10.6 Å². The van der Waals surface area contributed by atoms with E-state index in [1.807, 2.05) is 4.90 Å². The van der Waals surface area contributed by atoms with Crippen molar-refractivity contribution >= 4 is 29.2 Å². The molecule has 1 saturated heterocycles. The van der Waals surface area contributed by atoms with Gasteiger partial charge in [0, 0.05) is 25.7 Å². The Bertz CT molecular complexity index is 567. The van der Waals surface area contributed by atoms with Gasteiger partial charge in [0.05, 0.1) is 10.7 Å². The second-order valence-corrected chi connectivity index (χ2v) is 6.46. The molecule has 6 heteroatoms. The Morgan fingerprint density at radius 3 is 2.45 bits per heavy atom. The van der Waals surface area contributed by atoms with Crippen molar-refractivity contribution in [2.45, 2.75) is 20.3 Å². The van der Waals surface area contributed by atoms with E-state index in [9.17, 15) is 9.59 Å². The first kappa shape index (κ1) is 16.6. The highest BCUT2D eigenvalue weighted by atomic mass is 35.5. The zero-order valence-corrected chi connectivity index (χ0v) is 13.9. The number of piperidine rings is 1. The van der Waals surface area contributed by atoms with E-state index in [1.54, 1.807) is 25.2 Å². The third-order valence-corrected chi connectivity index (χ3v) is 4.18. The van der Waals surface area contributed by atoms with Gasteiger partial charge in [-0.05, 0) is 36.5 Å². The molecular weight excluding hydrogens is 302 g/mol. The summed E-state index contributed by atoms with van der Waals surface area (Å²) in [6, 6.07) is 4.66. The summed E-state index contributed by atoms with van der Waals surface area (Å²) in [5.74, 6) is 0.761. The summed E-state index contributed by atoms with van der Waals surface area (Å²) >= 11 is 6.12. The first-order chi connectivity index (χ1) is 10.4. The molecule has 3 amide bonds. The maximum Gasteiger partial charge on any atom is 0.321 e. The number of carbonyl (C=O) groups is 2. The standard InChI is InChI=1S/C16H22ClN3O2/c1-10-6-11(2)9-20(8-10)16(22)19-14-7-12(15(21)18-3)4-5-13(14)17/h4-5,7,10-11H,6,8-9H2,1-3H3,(H,18,21)(H,19,22)/t10-,11-/m0/s1. The summed E-state index contributed by atoms with van der Waals surface area (Å²) < 4.78 is 0. The molecule has 0 spiro atoms. The van der Waals surface area contributed by atoms with Gasteiger partial charge in [0.25, 0.3) is 5.91 Å². The van der Waals surface area contributed by atoms with E-state index in [-0.39, 0.29) is 11.9 Å². The third-order valence-electron chi connectivity index (χ3n) is 3.85. The van der Waals surface area contributed by atoms with Gasteiger partial charge >= 0.3 is 6.03 Å². The summed E-state index contributed by atoms with van der Waals surface area (Å²) in [5, 5.41) is 5.78. The molecule has 0 bridgehead atoms. The number of urea groups is 1. The van der Waals surface area contributed by atoms with Crippen molar-refractivity contribution in [3.05, 3.63) is 28.8 Å². The molecule has 2 atom stereocenters. The van der Waals surface area contributed by atoms with Crippen molar-refractivity contribution in [2.24, 2.45) is 11.8 Å². The molecule has 5 nitrogen and oxygen atoms in total. The predicted octanol–water partition coefficient (Wildman–Crippen LogP) is 3.21. The fourth-order valence-corrected chi connectivity index (χ4v) is 3.09. The molecule has 120 valence electrons. The number of anilines is 1. The van der Waals surface area contributed by atoms with E-state index < -0.39 is 0 Å². The predicted molar refractivity (Wildman–Crippen MR) is 88.4 cm³/mol. The van der Waals surface area contributed by atoms with Crippen LogP contribution in [-0.2, 0) is 0 Å². The Morgan fingerprint density at radius 1 is 1.23 bits per heavy atom. The minimum Gasteiger partial charge on any atom is -0.355 e. The second kappa shape index (κ2) is 7.01. The second-order valence-electron chi connectivity index (χ2n) is 6.05. The fraction of sp³-hybridized carbons (Fsp3) is 0.500. The number of halogens is 1. The van der Waals surface area contributed by atoms with Gasteiger partial charge < -0.3 is 15.5 Å². The van der Waals surface area contributed by atoms with Crippen LogP contribution in [0.5, 0.6) is 0 Å². The Morgan fingerprint density at radius 2 is 1.86 bits per heavy atom. The van der Waals surface area contributed by atoms with Crippen molar-refractivity contribution < 1.29 is 9.59 Å². The highest BCUT2D eigenvalue weighted by Gasteiger charge is 2.25. The first-order valence-corrected chi connectivity index (χ1v) is 7.86. The Balaban J connectivity index is 2.12. The minimum absolute atomic E-state index is 0.172. The Labute approximate surface area is 136 Å². The van der Waals surface area contributed by atoms with Gasteiger partial charge in [-0.2, -0.15) is 0 Å². The van der Waals surface area contributed by atoms with Crippen LogP contribution in [0.3, 0.4) is 0 Å². The highest BCUT2D eigenvalue weighted by molar-refractivity contribution is 6.33. The van der Waals surface area contributed by atoms with Crippen molar-refractivity contribution in [3.63, 3.8) is 0 Å². The normalized spacial score (nSPS) is 21.4. The molecule has 1 aliphatic rings. The van der Waals surface area contributed by atoms with Crippen LogP contribution in [0.4, 0.5) is 10.5 Å². The molecule has 0 aliphatic carbocycles. The molecule has 2 N–H and O–H groups in total. The lowest BCUT2D eigenvalue weighted by Crippen LogP contribution is -2.44. The molecule has 0 aromatic heterocycles. The van der Waals surface area contributed by atoms with Crippen LogP contribution >= 0.6 is 11.6 Å². The quantitative estimate of drug-likeness (QED) is 0.878. The van der Waals surface area contributed by atoms with Crippen molar-refractivity contribution in [3.8, 4) is 0 Å². The van der Waals surface area contributed by atoms with Gasteiger partial charge in [-0.15, -0.1) is 0 Å². The van der Waals surface area contributed by atoms with Gasteiger partial charge in [0.15, 0.2) is 0 Å². The summed E-state index contributed by atoms with van der Waals surface area (Å²) in [5.41, 5.74) is 0.918. The van der Waals surface area contributed by atoms with Crippen LogP contribution in [0.25, 0.3) is 0 Å². The number of nitrogens with zero attached hydrogens (tertiary/aromatic N) is 1. The van der Waals surface area contributed by atoms with E-state index in [2.05, 4.69) is 24.5 Å². The zero-order chi connectivity index (χ0) is 16.3. The van der Waals surface area contributed by atoms with Crippen LogP contribution in [0.2, 0.25) is 5.02 Å². The van der Waals surface area contributed by atoms with E-state index in [4.69, 9.17) is 11.6 Å². The molecule has 1 aromatic rings. The average Bonchev–Trinajstić information content (AvgIpc) is 2.47. The van der Waals surface area contributed by atoms with Gasteiger partial charge in [0.1, 0.15) is 0 Å². The van der Waals surface area contributed by atoms with Crippen LogP contribution in [-0.4, -0.2) is 37.0 Å². The fourth-order valence-electron chi connectivity index (χ4n) is 2.93. The lowest BCUT2D eigenvalue weighted by atomic mass is 9.92. The molecule has 1 heterocycles. The molecule has 0 radical (unpaired) electrons. The number of hydrogen-bond donors (Lipinski definition) is 2. The van der Waals surface area contributed by atoms with E-state index >= 15 is 0 Å². The van der Waals surface area contributed by atoms with E-state index in [0.717, 1.165) is 19.5 Å². The van der Waals surface area contributed by atoms with Crippen LogP contribution in [0, 0.1) is 11.8 Å². The Hall–Kier alpha value is -1.75. The lowest BCUT2D eigenvalue weighted by Gasteiger charge is -2.35. The van der Waals surface area contributed by atoms with E-state index in [1.165, 1.54) is 0 Å². The van der Waals surface area contributed by atoms with E-state index in [0.29, 0.717) is 28.1 Å². The van der Waals surface area contributed by atoms with Crippen molar-refractivity contribution in [1.29, 1.82) is 0 Å². The van der Waals surface area contributed by atoms with Crippen LogP contribution in [0.15, 0.2) is 18.2 Å². The van der Waals surface area contributed by atoms with Gasteiger partial charge in [0.2, 0.25) is 0 Å². The lowest BCUT2D eigenvalue weighted by molar-refractivity contribution is 0.0963. The number of carbonyl (C=O) groups excluding carboxylic acids is 2. The smallest absolute Gasteiger partial charge is 0.321 e. The summed E-state index contributed by atoms with van der Waals surface area (Å²) in [7, 11) is 1.56. The SMILES string of the molecule is CNC(=O)c1ccc(Cl)c(NC(=O)N2C[C@@H](C)C[C@H](C)C2)c1. The Kier molecular flexibility index (Phi) is 5.29. The topological polar surface area (TPSA) is 61.4 Å². The van der Waals surface area contributed by atoms with Gasteiger partial charge in [-0.1, -0.05) is 25.4 Å². The molecule has 1 aromatic carbocycles.